The molecule has 0 radical (unpaired) electrons. The van der Waals surface area contributed by atoms with Gasteiger partial charge in [-0.25, -0.2) is 0 Å². The van der Waals surface area contributed by atoms with Crippen LogP contribution in [0.2, 0.25) is 0 Å². The van der Waals surface area contributed by atoms with Crippen LogP contribution < -0.4 is 10.4 Å². The van der Waals surface area contributed by atoms with Gasteiger partial charge >= 0.3 is 0 Å². The largest absolute Gasteiger partial charge is 0.317 e. The third-order valence-electron chi connectivity index (χ3n) is 7.74. The first-order valence-electron chi connectivity index (χ1n) is 15.6. The number of hydrogen-bond acceptors (Lipinski definition) is 1. The maximum absolute atomic E-state index is 4.07. The van der Waals surface area contributed by atoms with Gasteiger partial charge < -0.3 is 4.90 Å². The first kappa shape index (κ1) is 33.3. The summed E-state index contributed by atoms with van der Waals surface area (Å²) in [6.45, 7) is 20.2. The molecule has 0 spiro atoms. The van der Waals surface area contributed by atoms with Crippen molar-refractivity contribution in [2.24, 2.45) is 0 Å². The number of fused-ring (bicyclic) bond motifs is 2. The summed E-state index contributed by atoms with van der Waals surface area (Å²) in [5.41, 5.74) is 12.2. The first-order valence-corrected chi connectivity index (χ1v) is 15.6. The molecule has 0 amide bonds. The number of allylic oxidation sites excluding steroid dienone is 15. The maximum Gasteiger partial charge on any atom is 0.0481 e. The van der Waals surface area contributed by atoms with Gasteiger partial charge in [-0.15, -0.1) is 5.73 Å². The van der Waals surface area contributed by atoms with E-state index in [0.29, 0.717) is 0 Å². The third kappa shape index (κ3) is 7.53. The summed E-state index contributed by atoms with van der Waals surface area (Å²) in [5.74, 6) is 0. The predicted molar refractivity (Wildman–Crippen MR) is 204 cm³/mol. The molecule has 0 aliphatic heterocycles. The molecule has 46 heavy (non-hydrogen) atoms. The van der Waals surface area contributed by atoms with Crippen LogP contribution in [0.15, 0.2) is 182 Å². The van der Waals surface area contributed by atoms with Crippen molar-refractivity contribution in [1.29, 1.82) is 0 Å². The molecule has 3 aromatic carbocycles. The van der Waals surface area contributed by atoms with E-state index in [1.54, 1.807) is 6.08 Å². The molecule has 1 aliphatic rings. The van der Waals surface area contributed by atoms with E-state index in [2.05, 4.69) is 141 Å². The van der Waals surface area contributed by atoms with Crippen LogP contribution in [0.3, 0.4) is 0 Å². The Balaban J connectivity index is 2.13. The highest BCUT2D eigenvalue weighted by Gasteiger charge is 2.16. The van der Waals surface area contributed by atoms with Crippen molar-refractivity contribution < 1.29 is 0 Å². The minimum absolute atomic E-state index is 0.981. The molecule has 0 bridgehead atoms. The number of benzene rings is 3. The van der Waals surface area contributed by atoms with Gasteiger partial charge in [0.1, 0.15) is 0 Å². The fourth-order valence-corrected chi connectivity index (χ4v) is 5.58. The minimum atomic E-state index is 0.981. The average Bonchev–Trinajstić information content (AvgIpc) is 3.32. The van der Waals surface area contributed by atoms with Crippen LogP contribution in [0.1, 0.15) is 31.9 Å². The fourth-order valence-electron chi connectivity index (χ4n) is 5.58. The van der Waals surface area contributed by atoms with E-state index < -0.39 is 0 Å². The molecule has 3 aromatic rings. The molecule has 0 N–H and O–H groups in total. The van der Waals surface area contributed by atoms with Crippen LogP contribution in [0.25, 0.3) is 39.6 Å². The molecule has 0 fully saturated rings. The van der Waals surface area contributed by atoms with Gasteiger partial charge in [-0.1, -0.05) is 122 Å². The molecule has 0 heterocycles. The second-order valence-corrected chi connectivity index (χ2v) is 10.9. The Morgan fingerprint density at radius 1 is 0.761 bits per heavy atom. The molecule has 228 valence electrons. The van der Waals surface area contributed by atoms with E-state index >= 15 is 0 Å². The van der Waals surface area contributed by atoms with Crippen molar-refractivity contribution >= 4 is 28.5 Å². The topological polar surface area (TPSA) is 3.24 Å². The monoisotopic (exact) mass is 597 g/mol. The van der Waals surface area contributed by atoms with Crippen LogP contribution in [-0.4, -0.2) is 4.90 Å². The van der Waals surface area contributed by atoms with Gasteiger partial charge in [0.25, 0.3) is 0 Å². The van der Waals surface area contributed by atoms with E-state index in [4.69, 9.17) is 0 Å². The summed E-state index contributed by atoms with van der Waals surface area (Å²) in [6, 6.07) is 17.5. The van der Waals surface area contributed by atoms with Crippen LogP contribution in [0, 0.1) is 6.92 Å². The normalized spacial score (nSPS) is 14.0. The lowest BCUT2D eigenvalue weighted by atomic mass is 9.87. The molecule has 1 nitrogen and oxygen atoms in total. The van der Waals surface area contributed by atoms with Crippen LogP contribution in [0.5, 0.6) is 0 Å². The Kier molecular flexibility index (Phi) is 11.9. The zero-order chi connectivity index (χ0) is 32.9. The highest BCUT2D eigenvalue weighted by molar-refractivity contribution is 6.05. The zero-order valence-corrected chi connectivity index (χ0v) is 27.5. The summed E-state index contributed by atoms with van der Waals surface area (Å²) in [4.78, 5) is 2.18. The van der Waals surface area contributed by atoms with Crippen molar-refractivity contribution in [3.63, 3.8) is 0 Å². The number of hydrogen-bond donors (Lipinski definition) is 0. The van der Waals surface area contributed by atoms with Gasteiger partial charge in [0.15, 0.2) is 0 Å². The Hall–Kier alpha value is -5.62. The van der Waals surface area contributed by atoms with E-state index in [0.717, 1.165) is 33.3 Å². The van der Waals surface area contributed by atoms with E-state index in [1.807, 2.05) is 62.5 Å². The Labute approximate surface area is 275 Å². The lowest BCUT2D eigenvalue weighted by molar-refractivity contribution is 0.607. The van der Waals surface area contributed by atoms with E-state index in [9.17, 15) is 0 Å². The van der Waals surface area contributed by atoms with Gasteiger partial charge in [0.2, 0.25) is 0 Å². The highest BCUT2D eigenvalue weighted by atomic mass is 15.1. The lowest BCUT2D eigenvalue weighted by Gasteiger charge is -2.25. The summed E-state index contributed by atoms with van der Waals surface area (Å²) in [6.07, 6.45) is 34.7. The van der Waals surface area contributed by atoms with E-state index in [1.165, 1.54) is 32.7 Å². The van der Waals surface area contributed by atoms with Gasteiger partial charge in [-0.2, -0.15) is 0 Å². The van der Waals surface area contributed by atoms with E-state index in [-0.39, 0.29) is 0 Å². The van der Waals surface area contributed by atoms with Gasteiger partial charge in [0.05, 0.1) is 0 Å². The molecule has 1 heteroatoms. The number of nitrogens with zero attached hydrogens (tertiary/aromatic N) is 1. The van der Waals surface area contributed by atoms with Gasteiger partial charge in [-0.05, 0) is 125 Å². The smallest absolute Gasteiger partial charge is 0.0481 e. The molecule has 4 rings (SSSR count). The molecule has 0 atom stereocenters. The molecule has 0 unspecified atom stereocenters. The second kappa shape index (κ2) is 16.5. The zero-order valence-electron chi connectivity index (χ0n) is 27.5. The summed E-state index contributed by atoms with van der Waals surface area (Å²) in [5, 5.41) is 4.68. The molecular formula is C45H43N. The SMILES string of the molecule is C=C/C=C/C=C(\C=C/N(C(/C=C\C)=C/C=C)C(/C=C\C)=C(\C)C=C)c1c2c(c(-c3ccc(C)cc3)c3ccccc13)=CC=C=CC=2. The number of rotatable bonds is 12. The fraction of sp³-hybridized carbons (Fsp3) is 0.0889. The summed E-state index contributed by atoms with van der Waals surface area (Å²) in [7, 11) is 0. The third-order valence-corrected chi connectivity index (χ3v) is 7.74. The highest BCUT2D eigenvalue weighted by Crippen LogP contribution is 2.31. The van der Waals surface area contributed by atoms with Crippen LogP contribution in [-0.2, 0) is 0 Å². The van der Waals surface area contributed by atoms with Crippen molar-refractivity contribution in [3.8, 4) is 11.1 Å². The summed E-state index contributed by atoms with van der Waals surface area (Å²) >= 11 is 0. The van der Waals surface area contributed by atoms with Crippen molar-refractivity contribution in [2.75, 3.05) is 0 Å². The molecular weight excluding hydrogens is 555 g/mol. The lowest BCUT2D eigenvalue weighted by Crippen LogP contribution is -2.30. The number of aryl methyl sites for hydroxylation is 1. The van der Waals surface area contributed by atoms with Crippen molar-refractivity contribution in [3.05, 3.63) is 204 Å². The Bertz CT molecular complexity index is 2040. The predicted octanol–water partition coefficient (Wildman–Crippen LogP) is 10.7. The second-order valence-electron chi connectivity index (χ2n) is 10.9. The minimum Gasteiger partial charge on any atom is -0.317 e. The van der Waals surface area contributed by atoms with Crippen LogP contribution in [0.4, 0.5) is 0 Å². The Morgan fingerprint density at radius 2 is 1.46 bits per heavy atom. The van der Waals surface area contributed by atoms with Crippen molar-refractivity contribution in [1.82, 2.24) is 4.90 Å². The molecule has 0 saturated carbocycles. The van der Waals surface area contributed by atoms with Crippen molar-refractivity contribution in [2.45, 2.75) is 27.7 Å². The first-order chi connectivity index (χ1) is 22.5. The summed E-state index contributed by atoms with van der Waals surface area (Å²) < 4.78 is 0. The van der Waals surface area contributed by atoms with Crippen LogP contribution >= 0.6 is 0 Å². The van der Waals surface area contributed by atoms with Gasteiger partial charge in [-0.3, -0.25) is 0 Å². The maximum atomic E-state index is 4.07. The standard InChI is InChI=1S/C45H43N/c1-8-13-15-23-36(32-33-46(38(20-9-2)21-10-3)43(22-11-4)35(7)12-5)44-39-24-16-14-17-25-40(39)45(37-30-28-34(6)29-31-37)42-27-19-18-26-41(42)44/h8-13,15-33H,1-2,5H2,3-4,6-7H3/b15-13+,21-10-,22-11-,33-32-,36-23+,38-20+,43-35+. The van der Waals surface area contributed by atoms with Gasteiger partial charge in [0, 0.05) is 17.6 Å². The average molecular weight is 598 g/mol. The molecule has 1 aliphatic carbocycles. The Morgan fingerprint density at radius 3 is 2.11 bits per heavy atom. The molecule has 0 saturated heterocycles. The molecule has 0 aromatic heterocycles. The quantitative estimate of drug-likeness (QED) is 0.148.